The Hall–Kier alpha value is -1.97. The van der Waals surface area contributed by atoms with Gasteiger partial charge in [-0.1, -0.05) is 6.92 Å². The number of hydrogen-bond acceptors (Lipinski definition) is 2. The highest BCUT2D eigenvalue weighted by Gasteiger charge is 2.04. The predicted octanol–water partition coefficient (Wildman–Crippen LogP) is 1.94. The molecule has 0 radical (unpaired) electrons. The number of fused-ring (bicyclic) bond motifs is 1. The van der Waals surface area contributed by atoms with E-state index in [0.717, 1.165) is 22.9 Å². The molecule has 0 spiro atoms. The largest absolute Gasteiger partial charge is 0.508 e. The topological polar surface area (TPSA) is 65.1 Å². The Morgan fingerprint density at radius 1 is 1.47 bits per heavy atom. The van der Waals surface area contributed by atoms with E-state index in [0.29, 0.717) is 13.0 Å². The summed E-state index contributed by atoms with van der Waals surface area (Å²) in [7, 11) is 0. The minimum Gasteiger partial charge on any atom is -0.508 e. The number of aromatic nitrogens is 1. The molecule has 1 aromatic carbocycles. The van der Waals surface area contributed by atoms with Crippen LogP contribution < -0.4 is 5.32 Å². The zero-order valence-corrected chi connectivity index (χ0v) is 9.79. The molecule has 2 rings (SSSR count). The zero-order chi connectivity index (χ0) is 12.3. The van der Waals surface area contributed by atoms with Crippen LogP contribution in [0.3, 0.4) is 0 Å². The summed E-state index contributed by atoms with van der Waals surface area (Å²) in [6.45, 7) is 2.48. The molecule has 0 aliphatic carbocycles. The van der Waals surface area contributed by atoms with Crippen molar-refractivity contribution in [3.63, 3.8) is 0 Å². The highest BCUT2D eigenvalue weighted by molar-refractivity contribution is 5.84. The molecule has 0 aliphatic heterocycles. The minimum absolute atomic E-state index is 0.0717. The lowest BCUT2D eigenvalue weighted by atomic mass is 10.1. The molecule has 0 bridgehead atoms. The fraction of sp³-hybridized carbons (Fsp3) is 0.308. The molecule has 0 aliphatic rings. The van der Waals surface area contributed by atoms with Gasteiger partial charge in [-0.05, 0) is 24.1 Å². The number of phenolic OH excluding ortho intramolecular Hbond substituents is 1. The van der Waals surface area contributed by atoms with E-state index in [1.807, 2.05) is 19.2 Å². The van der Waals surface area contributed by atoms with Crippen molar-refractivity contribution < 1.29 is 9.90 Å². The normalized spacial score (nSPS) is 10.6. The first-order chi connectivity index (χ1) is 8.20. The molecule has 0 unspecified atom stereocenters. The van der Waals surface area contributed by atoms with Crippen molar-refractivity contribution in [2.75, 3.05) is 6.54 Å². The van der Waals surface area contributed by atoms with Crippen molar-refractivity contribution in [1.82, 2.24) is 10.3 Å². The van der Waals surface area contributed by atoms with Gasteiger partial charge in [0.05, 0.1) is 0 Å². The van der Waals surface area contributed by atoms with Crippen molar-refractivity contribution >= 4 is 16.8 Å². The number of rotatable bonds is 4. The standard InChI is InChI=1S/C13H16N2O2/c1-2-13(17)14-6-5-9-8-15-12-7-10(16)3-4-11(9)12/h3-4,7-8,15-16H,2,5-6H2,1H3,(H,14,17). The second-order valence-corrected chi connectivity index (χ2v) is 4.00. The maximum absolute atomic E-state index is 11.1. The van der Waals surface area contributed by atoms with Gasteiger partial charge in [-0.25, -0.2) is 0 Å². The van der Waals surface area contributed by atoms with Crippen LogP contribution >= 0.6 is 0 Å². The van der Waals surface area contributed by atoms with Gasteiger partial charge in [-0.3, -0.25) is 4.79 Å². The number of amides is 1. The lowest BCUT2D eigenvalue weighted by Gasteiger charge is -2.02. The Balaban J connectivity index is 2.06. The Morgan fingerprint density at radius 2 is 2.29 bits per heavy atom. The first-order valence-electron chi connectivity index (χ1n) is 5.76. The average molecular weight is 232 g/mol. The number of aromatic amines is 1. The van der Waals surface area contributed by atoms with Crippen LogP contribution in [0.15, 0.2) is 24.4 Å². The van der Waals surface area contributed by atoms with E-state index in [9.17, 15) is 9.90 Å². The number of carbonyl (C=O) groups is 1. The molecular weight excluding hydrogens is 216 g/mol. The second-order valence-electron chi connectivity index (χ2n) is 4.00. The molecular formula is C13H16N2O2. The number of carbonyl (C=O) groups excluding carboxylic acids is 1. The highest BCUT2D eigenvalue weighted by atomic mass is 16.3. The number of H-pyrrole nitrogens is 1. The van der Waals surface area contributed by atoms with E-state index < -0.39 is 0 Å². The van der Waals surface area contributed by atoms with E-state index in [-0.39, 0.29) is 11.7 Å². The molecule has 0 saturated heterocycles. The average Bonchev–Trinajstić information content (AvgIpc) is 2.71. The molecule has 0 atom stereocenters. The van der Waals surface area contributed by atoms with Gasteiger partial charge in [0.15, 0.2) is 0 Å². The summed E-state index contributed by atoms with van der Waals surface area (Å²) in [6, 6.07) is 5.26. The second kappa shape index (κ2) is 4.91. The van der Waals surface area contributed by atoms with Crippen LogP contribution in [0.1, 0.15) is 18.9 Å². The molecule has 3 N–H and O–H groups in total. The van der Waals surface area contributed by atoms with Gasteiger partial charge in [0.2, 0.25) is 5.91 Å². The molecule has 1 amide bonds. The fourth-order valence-corrected chi connectivity index (χ4v) is 1.84. The van der Waals surface area contributed by atoms with Crippen molar-refractivity contribution in [1.29, 1.82) is 0 Å². The van der Waals surface area contributed by atoms with Gasteiger partial charge in [0.1, 0.15) is 5.75 Å². The predicted molar refractivity (Wildman–Crippen MR) is 67.0 cm³/mol. The van der Waals surface area contributed by atoms with Gasteiger partial charge in [-0.2, -0.15) is 0 Å². The maximum Gasteiger partial charge on any atom is 0.219 e. The van der Waals surface area contributed by atoms with Crippen LogP contribution in [0.5, 0.6) is 5.75 Å². The summed E-state index contributed by atoms with van der Waals surface area (Å²) < 4.78 is 0. The molecule has 2 aromatic rings. The van der Waals surface area contributed by atoms with E-state index in [1.165, 1.54) is 0 Å². The summed E-state index contributed by atoms with van der Waals surface area (Å²) in [6.07, 6.45) is 3.22. The molecule has 1 heterocycles. The van der Waals surface area contributed by atoms with Crippen molar-refractivity contribution in [2.24, 2.45) is 0 Å². The molecule has 4 nitrogen and oxygen atoms in total. The Bertz CT molecular complexity index is 531. The molecule has 0 fully saturated rings. The van der Waals surface area contributed by atoms with Crippen LogP contribution in [0.25, 0.3) is 10.9 Å². The van der Waals surface area contributed by atoms with E-state index >= 15 is 0 Å². The summed E-state index contributed by atoms with van der Waals surface area (Å²) >= 11 is 0. The van der Waals surface area contributed by atoms with Crippen LogP contribution in [-0.4, -0.2) is 22.5 Å². The SMILES string of the molecule is CCC(=O)NCCc1c[nH]c2cc(O)ccc12. The summed E-state index contributed by atoms with van der Waals surface area (Å²) in [5, 5.41) is 13.3. The van der Waals surface area contributed by atoms with E-state index in [1.54, 1.807) is 12.1 Å². The van der Waals surface area contributed by atoms with Crippen LogP contribution in [0.2, 0.25) is 0 Å². The molecule has 0 saturated carbocycles. The molecule has 17 heavy (non-hydrogen) atoms. The summed E-state index contributed by atoms with van der Waals surface area (Å²) in [4.78, 5) is 14.2. The Labute approximate surface area is 99.7 Å². The summed E-state index contributed by atoms with van der Waals surface area (Å²) in [5.41, 5.74) is 2.07. The fourth-order valence-electron chi connectivity index (χ4n) is 1.84. The highest BCUT2D eigenvalue weighted by Crippen LogP contribution is 2.22. The van der Waals surface area contributed by atoms with Crippen LogP contribution in [0.4, 0.5) is 0 Å². The lowest BCUT2D eigenvalue weighted by molar-refractivity contribution is -0.120. The number of aromatic hydroxyl groups is 1. The van der Waals surface area contributed by atoms with Gasteiger partial charge in [-0.15, -0.1) is 0 Å². The van der Waals surface area contributed by atoms with Gasteiger partial charge >= 0.3 is 0 Å². The third-order valence-corrected chi connectivity index (χ3v) is 2.79. The van der Waals surface area contributed by atoms with Crippen molar-refractivity contribution in [2.45, 2.75) is 19.8 Å². The number of phenols is 1. The van der Waals surface area contributed by atoms with Gasteiger partial charge < -0.3 is 15.4 Å². The van der Waals surface area contributed by atoms with E-state index in [4.69, 9.17) is 0 Å². The maximum atomic E-state index is 11.1. The van der Waals surface area contributed by atoms with E-state index in [2.05, 4.69) is 10.3 Å². The number of hydrogen-bond donors (Lipinski definition) is 3. The van der Waals surface area contributed by atoms with Gasteiger partial charge in [0.25, 0.3) is 0 Å². The quantitative estimate of drug-likeness (QED) is 0.754. The van der Waals surface area contributed by atoms with Crippen LogP contribution in [-0.2, 0) is 11.2 Å². The third kappa shape index (κ3) is 2.58. The summed E-state index contributed by atoms with van der Waals surface area (Å²) in [5.74, 6) is 0.327. The zero-order valence-electron chi connectivity index (χ0n) is 9.79. The number of nitrogens with one attached hydrogen (secondary N) is 2. The van der Waals surface area contributed by atoms with Crippen LogP contribution in [0, 0.1) is 0 Å². The lowest BCUT2D eigenvalue weighted by Crippen LogP contribution is -2.24. The molecule has 1 aromatic heterocycles. The molecule has 90 valence electrons. The van der Waals surface area contributed by atoms with Crippen molar-refractivity contribution in [3.05, 3.63) is 30.0 Å². The van der Waals surface area contributed by atoms with Crippen molar-refractivity contribution in [3.8, 4) is 5.75 Å². The monoisotopic (exact) mass is 232 g/mol. The first kappa shape index (κ1) is 11.5. The third-order valence-electron chi connectivity index (χ3n) is 2.79. The van der Waals surface area contributed by atoms with Gasteiger partial charge in [0, 0.05) is 36.1 Å². The first-order valence-corrected chi connectivity index (χ1v) is 5.76. The number of benzene rings is 1. The molecule has 4 heteroatoms. The smallest absolute Gasteiger partial charge is 0.219 e. The Kier molecular flexibility index (Phi) is 3.32. The Morgan fingerprint density at radius 3 is 3.06 bits per heavy atom. The minimum atomic E-state index is 0.0717.